The van der Waals surface area contributed by atoms with Gasteiger partial charge in [0.15, 0.2) is 0 Å². The Hall–Kier alpha value is -0.400. The molecule has 0 radical (unpaired) electrons. The Morgan fingerprint density at radius 3 is 2.56 bits per heavy atom. The summed E-state index contributed by atoms with van der Waals surface area (Å²) in [4.78, 5) is 19.5. The monoisotopic (exact) mass is 148 g/mol. The van der Waals surface area contributed by atoms with Gasteiger partial charge < -0.3 is 14.4 Å². The zero-order valence-electron chi connectivity index (χ0n) is 4.53. The Labute approximate surface area is 52.5 Å². The van der Waals surface area contributed by atoms with E-state index < -0.39 is 7.75 Å². The van der Waals surface area contributed by atoms with Gasteiger partial charge in [0, 0.05) is 13.0 Å². The molecule has 52 valence electrons. The van der Waals surface area contributed by atoms with Crippen molar-refractivity contribution in [1.82, 2.24) is 5.09 Å². The lowest BCUT2D eigenvalue weighted by Crippen LogP contribution is -2.28. The second-order valence-corrected chi connectivity index (χ2v) is 2.62. The molecule has 6 heteroatoms. The largest absolute Gasteiger partial charge is 0.799 e. The zero-order valence-corrected chi connectivity index (χ0v) is 5.43. The molecule has 0 bridgehead atoms. The minimum absolute atomic E-state index is 0.0223. The van der Waals surface area contributed by atoms with Crippen molar-refractivity contribution in [3.05, 3.63) is 0 Å². The molecular weight excluding hydrogens is 143 g/mol. The van der Waals surface area contributed by atoms with Crippen LogP contribution in [0.5, 0.6) is 0 Å². The molecule has 0 aromatic rings. The molecule has 5 nitrogen and oxygen atoms in total. The third-order valence-corrected chi connectivity index (χ3v) is 1.15. The first-order chi connectivity index (χ1) is 4.06. The van der Waals surface area contributed by atoms with Crippen molar-refractivity contribution in [3.8, 4) is 6.07 Å². The highest BCUT2D eigenvalue weighted by atomic mass is 31.2. The molecule has 0 rings (SSSR count). The molecule has 0 fully saturated rings. The van der Waals surface area contributed by atoms with Gasteiger partial charge in [-0.3, -0.25) is 5.09 Å². The molecule has 0 aliphatic rings. The predicted octanol–water partition coefficient (Wildman–Crippen LogP) is -1.68. The third kappa shape index (κ3) is 7.60. The number of hydrogen-bond donors (Lipinski definition) is 1. The number of nitriles is 1. The molecule has 0 aliphatic heterocycles. The Morgan fingerprint density at radius 1 is 1.67 bits per heavy atom. The van der Waals surface area contributed by atoms with E-state index in [1.165, 1.54) is 0 Å². The summed E-state index contributed by atoms with van der Waals surface area (Å²) in [6.07, 6.45) is 0.0223. The summed E-state index contributed by atoms with van der Waals surface area (Å²) >= 11 is 0. The van der Waals surface area contributed by atoms with E-state index >= 15 is 0 Å². The molecule has 0 heterocycles. The van der Waals surface area contributed by atoms with Crippen molar-refractivity contribution in [2.45, 2.75) is 6.42 Å². The van der Waals surface area contributed by atoms with Crippen LogP contribution in [0.25, 0.3) is 0 Å². The summed E-state index contributed by atoms with van der Waals surface area (Å²) in [6, 6.07) is 1.68. The summed E-state index contributed by atoms with van der Waals surface area (Å²) in [7, 11) is -4.60. The molecule has 0 saturated heterocycles. The van der Waals surface area contributed by atoms with Gasteiger partial charge in [-0.25, -0.2) is 0 Å². The highest BCUT2D eigenvalue weighted by Crippen LogP contribution is 2.13. The van der Waals surface area contributed by atoms with Crippen molar-refractivity contribution in [2.24, 2.45) is 0 Å². The topological polar surface area (TPSA) is 99.0 Å². The summed E-state index contributed by atoms with van der Waals surface area (Å²) < 4.78 is 9.76. The van der Waals surface area contributed by atoms with Gasteiger partial charge in [-0.15, -0.1) is 0 Å². The van der Waals surface area contributed by atoms with E-state index in [-0.39, 0.29) is 13.0 Å². The molecule has 0 atom stereocenters. The summed E-state index contributed by atoms with van der Waals surface area (Å²) in [6.45, 7) is -0.0965. The van der Waals surface area contributed by atoms with Gasteiger partial charge in [-0.1, -0.05) is 0 Å². The van der Waals surface area contributed by atoms with Crippen molar-refractivity contribution >= 4 is 7.75 Å². The molecular formula is C3H5N2O3P-2. The van der Waals surface area contributed by atoms with Gasteiger partial charge in [-0.2, -0.15) is 5.26 Å². The summed E-state index contributed by atoms with van der Waals surface area (Å²) in [5.74, 6) is 0. The fraction of sp³-hybridized carbons (Fsp3) is 0.667. The highest BCUT2D eigenvalue weighted by molar-refractivity contribution is 7.46. The third-order valence-electron chi connectivity index (χ3n) is 0.542. The maximum absolute atomic E-state index is 9.76. The van der Waals surface area contributed by atoms with Crippen LogP contribution in [0.2, 0.25) is 0 Å². The fourth-order valence-corrected chi connectivity index (χ4v) is 0.634. The molecule has 0 spiro atoms. The van der Waals surface area contributed by atoms with E-state index in [0.29, 0.717) is 0 Å². The van der Waals surface area contributed by atoms with Gasteiger partial charge in [0.2, 0.25) is 0 Å². The average Bonchev–Trinajstić information content (AvgIpc) is 1.63. The van der Waals surface area contributed by atoms with Gasteiger partial charge in [0.05, 0.1) is 6.07 Å². The van der Waals surface area contributed by atoms with Gasteiger partial charge in [0.1, 0.15) is 0 Å². The summed E-state index contributed by atoms with van der Waals surface area (Å²) in [5, 5.41) is 9.52. The van der Waals surface area contributed by atoms with Crippen molar-refractivity contribution in [3.63, 3.8) is 0 Å². The Balaban J connectivity index is 3.32. The van der Waals surface area contributed by atoms with Crippen LogP contribution in [0.4, 0.5) is 0 Å². The lowest BCUT2D eigenvalue weighted by atomic mass is 10.5. The van der Waals surface area contributed by atoms with Crippen molar-refractivity contribution in [1.29, 1.82) is 5.26 Å². The van der Waals surface area contributed by atoms with Crippen LogP contribution in [-0.2, 0) is 4.57 Å². The second-order valence-electron chi connectivity index (χ2n) is 1.31. The van der Waals surface area contributed by atoms with E-state index in [9.17, 15) is 14.4 Å². The van der Waals surface area contributed by atoms with Crippen molar-refractivity contribution in [2.75, 3.05) is 6.54 Å². The first-order valence-electron chi connectivity index (χ1n) is 2.20. The van der Waals surface area contributed by atoms with Crippen LogP contribution in [-0.4, -0.2) is 6.54 Å². The van der Waals surface area contributed by atoms with Gasteiger partial charge >= 0.3 is 0 Å². The van der Waals surface area contributed by atoms with Crippen LogP contribution in [0.1, 0.15) is 6.42 Å². The Bertz CT molecular complexity index is 157. The van der Waals surface area contributed by atoms with Gasteiger partial charge in [0.25, 0.3) is 0 Å². The van der Waals surface area contributed by atoms with Crippen LogP contribution >= 0.6 is 7.75 Å². The SMILES string of the molecule is N#CCCNP(=O)([O-])[O-]. The van der Waals surface area contributed by atoms with Crippen LogP contribution < -0.4 is 14.9 Å². The molecule has 0 amide bonds. The molecule has 9 heavy (non-hydrogen) atoms. The zero-order chi connectivity index (χ0) is 7.33. The quantitative estimate of drug-likeness (QED) is 0.380. The van der Waals surface area contributed by atoms with Crippen LogP contribution in [0.3, 0.4) is 0 Å². The van der Waals surface area contributed by atoms with Crippen LogP contribution in [0.15, 0.2) is 0 Å². The lowest BCUT2D eigenvalue weighted by Gasteiger charge is -2.29. The molecule has 0 aliphatic carbocycles. The average molecular weight is 148 g/mol. The molecule has 0 aromatic carbocycles. The Kier molecular flexibility index (Phi) is 3.43. The fourth-order valence-electron chi connectivity index (χ4n) is 0.249. The first kappa shape index (κ1) is 8.60. The number of rotatable bonds is 3. The highest BCUT2D eigenvalue weighted by Gasteiger charge is 1.86. The normalized spacial score (nSPS) is 10.8. The van der Waals surface area contributed by atoms with Crippen molar-refractivity contribution < 1.29 is 14.4 Å². The number of nitrogens with one attached hydrogen (secondary N) is 1. The Morgan fingerprint density at radius 2 is 2.22 bits per heavy atom. The van der Waals surface area contributed by atoms with E-state index in [1.54, 1.807) is 11.2 Å². The predicted molar refractivity (Wildman–Crippen MR) is 25.8 cm³/mol. The summed E-state index contributed by atoms with van der Waals surface area (Å²) in [5.41, 5.74) is 0. The number of nitrogens with zero attached hydrogens (tertiary/aromatic N) is 1. The molecule has 0 unspecified atom stereocenters. The minimum Gasteiger partial charge on any atom is -0.799 e. The second kappa shape index (κ2) is 3.59. The van der Waals surface area contributed by atoms with E-state index in [4.69, 9.17) is 5.26 Å². The maximum Gasteiger partial charge on any atom is 0.0635 e. The smallest absolute Gasteiger partial charge is 0.0635 e. The van der Waals surface area contributed by atoms with E-state index in [1.807, 2.05) is 0 Å². The number of hydrogen-bond acceptors (Lipinski definition) is 4. The maximum atomic E-state index is 9.76. The lowest BCUT2D eigenvalue weighted by molar-refractivity contribution is -0.317. The molecule has 0 aromatic heterocycles. The van der Waals surface area contributed by atoms with Gasteiger partial charge in [-0.05, 0) is 7.75 Å². The molecule has 0 saturated carbocycles. The van der Waals surface area contributed by atoms with Crippen LogP contribution in [0, 0.1) is 11.3 Å². The molecule has 1 N–H and O–H groups in total. The standard InChI is InChI=1S/C3H7N2O3P/c4-2-1-3-5-9(6,7)8/h1,3H2,(H3,5,6,7,8)/p-2. The van der Waals surface area contributed by atoms with E-state index in [2.05, 4.69) is 0 Å². The minimum atomic E-state index is -4.60. The first-order valence-corrected chi connectivity index (χ1v) is 3.74. The van der Waals surface area contributed by atoms with E-state index in [0.717, 1.165) is 0 Å².